The van der Waals surface area contributed by atoms with E-state index in [-0.39, 0.29) is 0 Å². The molecule has 12 heavy (non-hydrogen) atoms. The molecule has 0 unspecified atom stereocenters. The highest BCUT2D eigenvalue weighted by Gasteiger charge is 1.92. The molecule has 0 nitrogen and oxygen atoms in total. The van der Waals surface area contributed by atoms with Crippen LogP contribution in [0, 0.1) is 0 Å². The molecule has 0 spiro atoms. The first-order valence-electron chi connectivity index (χ1n) is 4.63. The van der Waals surface area contributed by atoms with E-state index in [1.807, 2.05) is 0 Å². The Balaban J connectivity index is 2.86. The van der Waals surface area contributed by atoms with Crippen LogP contribution in [0.3, 0.4) is 0 Å². The van der Waals surface area contributed by atoms with Gasteiger partial charge in [0.05, 0.1) is 0 Å². The number of thioether (sulfide) groups is 1. The zero-order valence-electron chi connectivity index (χ0n) is 7.71. The molecule has 72 valence electrons. The molecule has 0 amide bonds. The number of hydrogen-bond acceptors (Lipinski definition) is 2. The first kappa shape index (κ1) is 12.8. The Morgan fingerprint density at radius 3 is 2.33 bits per heavy atom. The van der Waals surface area contributed by atoms with Crippen LogP contribution in [0.15, 0.2) is 0 Å². The second kappa shape index (κ2) is 9.87. The average Bonchev–Trinajstić information content (AvgIpc) is 2.02. The summed E-state index contributed by atoms with van der Waals surface area (Å²) in [4.78, 5) is 0. The molecule has 0 fully saturated rings. The third-order valence-corrected chi connectivity index (χ3v) is 3.20. The molecule has 0 aliphatic rings. The highest BCUT2D eigenvalue weighted by Crippen LogP contribution is 2.12. The van der Waals surface area contributed by atoms with Crippen molar-refractivity contribution in [1.29, 1.82) is 0 Å². The van der Waals surface area contributed by atoms with Crippen molar-refractivity contribution in [3.05, 3.63) is 0 Å². The van der Waals surface area contributed by atoms with Crippen molar-refractivity contribution in [1.82, 2.24) is 0 Å². The van der Waals surface area contributed by atoms with Crippen LogP contribution in [-0.2, 0) is 0 Å². The standard InChI is InChI=1S/C9H18S3/c1-2-3-4-5-6-7-8-12-9(10)11/h2-8H2,1H3,(H,10,11). The smallest absolute Gasteiger partial charge is 0.101 e. The van der Waals surface area contributed by atoms with Crippen molar-refractivity contribution >= 4 is 40.1 Å². The van der Waals surface area contributed by atoms with Crippen LogP contribution in [-0.4, -0.2) is 9.28 Å². The van der Waals surface area contributed by atoms with Crippen molar-refractivity contribution < 1.29 is 0 Å². The maximum absolute atomic E-state index is 4.84. The van der Waals surface area contributed by atoms with Gasteiger partial charge >= 0.3 is 0 Å². The van der Waals surface area contributed by atoms with E-state index in [0.717, 1.165) is 9.28 Å². The van der Waals surface area contributed by atoms with E-state index in [4.69, 9.17) is 12.2 Å². The highest BCUT2D eigenvalue weighted by atomic mass is 32.2. The van der Waals surface area contributed by atoms with E-state index < -0.39 is 0 Å². The Kier molecular flexibility index (Phi) is 10.5. The van der Waals surface area contributed by atoms with Crippen molar-refractivity contribution in [2.45, 2.75) is 45.4 Å². The lowest BCUT2D eigenvalue weighted by Gasteiger charge is -1.99. The summed E-state index contributed by atoms with van der Waals surface area (Å²) in [5.41, 5.74) is 0. The fourth-order valence-electron chi connectivity index (χ4n) is 1.04. The summed E-state index contributed by atoms with van der Waals surface area (Å²) in [6.07, 6.45) is 8.13. The van der Waals surface area contributed by atoms with Gasteiger partial charge in [0.15, 0.2) is 0 Å². The topological polar surface area (TPSA) is 0 Å². The van der Waals surface area contributed by atoms with E-state index in [2.05, 4.69) is 19.6 Å². The minimum absolute atomic E-state index is 0.781. The number of thiocarbonyl (C=S) groups is 1. The van der Waals surface area contributed by atoms with E-state index in [9.17, 15) is 0 Å². The van der Waals surface area contributed by atoms with Gasteiger partial charge in [0.1, 0.15) is 3.53 Å². The lowest BCUT2D eigenvalue weighted by molar-refractivity contribution is 0.627. The molecule has 0 heterocycles. The monoisotopic (exact) mass is 222 g/mol. The third-order valence-electron chi connectivity index (χ3n) is 1.72. The van der Waals surface area contributed by atoms with Crippen LogP contribution in [0.5, 0.6) is 0 Å². The molecule has 0 bridgehead atoms. The van der Waals surface area contributed by atoms with Gasteiger partial charge in [-0.1, -0.05) is 51.2 Å². The van der Waals surface area contributed by atoms with Crippen LogP contribution < -0.4 is 0 Å². The molecule has 0 saturated heterocycles. The highest BCUT2D eigenvalue weighted by molar-refractivity contribution is 8.41. The minimum atomic E-state index is 0.781. The largest absolute Gasteiger partial charge is 0.125 e. The van der Waals surface area contributed by atoms with Crippen LogP contribution in [0.1, 0.15) is 45.4 Å². The molecule has 0 atom stereocenters. The van der Waals surface area contributed by atoms with E-state index in [1.165, 1.54) is 38.5 Å². The predicted molar refractivity (Wildman–Crippen MR) is 67.4 cm³/mol. The van der Waals surface area contributed by atoms with Gasteiger partial charge in [0.2, 0.25) is 0 Å². The summed E-state index contributed by atoms with van der Waals surface area (Å²) in [7, 11) is 0. The Hall–Kier alpha value is 0.790. The number of hydrogen-bond donors (Lipinski definition) is 1. The van der Waals surface area contributed by atoms with Crippen molar-refractivity contribution in [3.8, 4) is 0 Å². The van der Waals surface area contributed by atoms with Crippen LogP contribution in [0.4, 0.5) is 0 Å². The molecule has 0 aromatic carbocycles. The van der Waals surface area contributed by atoms with Crippen LogP contribution in [0.25, 0.3) is 0 Å². The lowest BCUT2D eigenvalue weighted by atomic mass is 10.1. The number of rotatable bonds is 7. The van der Waals surface area contributed by atoms with E-state index in [1.54, 1.807) is 11.8 Å². The van der Waals surface area contributed by atoms with Gasteiger partial charge < -0.3 is 0 Å². The van der Waals surface area contributed by atoms with Crippen LogP contribution >= 0.6 is 36.6 Å². The summed E-state index contributed by atoms with van der Waals surface area (Å²) in [5.74, 6) is 1.15. The fraction of sp³-hybridized carbons (Fsp3) is 0.889. The first-order valence-corrected chi connectivity index (χ1v) is 6.47. The van der Waals surface area contributed by atoms with Gasteiger partial charge in [-0.3, -0.25) is 0 Å². The SMILES string of the molecule is CCCCCCCCSC(=S)S. The second-order valence-corrected chi connectivity index (χ2v) is 5.71. The molecule has 0 saturated carbocycles. The molecule has 0 N–H and O–H groups in total. The van der Waals surface area contributed by atoms with Gasteiger partial charge in [-0.15, -0.1) is 24.4 Å². The third kappa shape index (κ3) is 10.8. The molecule has 0 aromatic heterocycles. The Labute approximate surface area is 91.3 Å². The minimum Gasteiger partial charge on any atom is -0.125 e. The summed E-state index contributed by atoms with van der Waals surface area (Å²) in [6.45, 7) is 2.25. The average molecular weight is 222 g/mol. The van der Waals surface area contributed by atoms with Gasteiger partial charge in [0, 0.05) is 0 Å². The van der Waals surface area contributed by atoms with E-state index in [0.29, 0.717) is 0 Å². The quantitative estimate of drug-likeness (QED) is 0.387. The second-order valence-electron chi connectivity index (χ2n) is 2.88. The van der Waals surface area contributed by atoms with Gasteiger partial charge in [-0.25, -0.2) is 0 Å². The maximum atomic E-state index is 4.84. The number of unbranched alkanes of at least 4 members (excludes halogenated alkanes) is 5. The molecule has 3 heteroatoms. The molecule has 0 radical (unpaired) electrons. The van der Waals surface area contributed by atoms with Crippen molar-refractivity contribution in [3.63, 3.8) is 0 Å². The van der Waals surface area contributed by atoms with Gasteiger partial charge in [0.25, 0.3) is 0 Å². The Morgan fingerprint density at radius 1 is 1.17 bits per heavy atom. The fourth-order valence-corrected chi connectivity index (χ4v) is 2.09. The van der Waals surface area contributed by atoms with Crippen molar-refractivity contribution in [2.75, 3.05) is 5.75 Å². The van der Waals surface area contributed by atoms with Gasteiger partial charge in [-0.2, -0.15) is 0 Å². The maximum Gasteiger partial charge on any atom is 0.101 e. The zero-order valence-corrected chi connectivity index (χ0v) is 10.2. The Morgan fingerprint density at radius 2 is 1.75 bits per heavy atom. The summed E-state index contributed by atoms with van der Waals surface area (Å²) in [5, 5.41) is 0. The summed E-state index contributed by atoms with van der Waals surface area (Å²) >= 11 is 10.6. The van der Waals surface area contributed by atoms with E-state index >= 15 is 0 Å². The summed E-state index contributed by atoms with van der Waals surface area (Å²) in [6, 6.07) is 0. The van der Waals surface area contributed by atoms with Gasteiger partial charge in [-0.05, 0) is 12.2 Å². The lowest BCUT2D eigenvalue weighted by Crippen LogP contribution is -1.83. The normalized spacial score (nSPS) is 10.2. The predicted octanol–water partition coefficient (Wildman–Crippen LogP) is 4.29. The molecule has 0 aliphatic heterocycles. The number of thiol groups is 1. The first-order chi connectivity index (χ1) is 5.77. The van der Waals surface area contributed by atoms with Crippen LogP contribution in [0.2, 0.25) is 0 Å². The Bertz CT molecular complexity index is 112. The molecular weight excluding hydrogens is 204 g/mol. The molecule has 0 aliphatic carbocycles. The molecular formula is C9H18S3. The molecule has 0 aromatic rings. The zero-order chi connectivity index (χ0) is 9.23. The molecule has 0 rings (SSSR count). The summed E-state index contributed by atoms with van der Waals surface area (Å²) < 4.78 is 0.781. The van der Waals surface area contributed by atoms with Crippen molar-refractivity contribution in [2.24, 2.45) is 0 Å².